The Morgan fingerprint density at radius 2 is 1.20 bits per heavy atom. The van der Waals surface area contributed by atoms with Crippen LogP contribution >= 0.6 is 22.6 Å². The lowest BCUT2D eigenvalue weighted by molar-refractivity contribution is 0.471. The topological polar surface area (TPSA) is 54.4 Å². The molecule has 0 fully saturated rings. The van der Waals surface area contributed by atoms with E-state index in [0.29, 0.717) is 5.56 Å². The molecule has 0 aliphatic carbocycles. The number of hydrogen-bond donors (Lipinski definition) is 1. The predicted molar refractivity (Wildman–Crippen MR) is 99.8 cm³/mol. The van der Waals surface area contributed by atoms with Crippen molar-refractivity contribution in [1.29, 1.82) is 0 Å². The summed E-state index contributed by atoms with van der Waals surface area (Å²) in [6.07, 6.45) is 0. The molecular weight excluding hydrogens is 461 g/mol. The van der Waals surface area contributed by atoms with Gasteiger partial charge in [0.2, 0.25) is 0 Å². The van der Waals surface area contributed by atoms with Crippen LogP contribution in [0.5, 0.6) is 0 Å². The molecule has 0 heterocycles. The molecule has 25 heavy (non-hydrogen) atoms. The molecule has 0 aromatic heterocycles. The van der Waals surface area contributed by atoms with Crippen molar-refractivity contribution in [2.45, 2.75) is 4.90 Å². The first kappa shape index (κ1) is 18.0. The Labute approximate surface area is 157 Å². The number of hydrogen-bond acceptors (Lipinski definition) is 2. The second-order valence-corrected chi connectivity index (χ2v) is 7.67. The molecule has 0 aliphatic heterocycles. The molecule has 3 nitrogen and oxygen atoms in total. The Bertz CT molecular complexity index is 1040. The standard InChI is InChI=1S/C18H11F2IO3S/c19-15-13(11-7-3-1-4-8-11)14(12-9-5-2-6-10-12)18(25(22,23)24)16(20)17(15)21/h1-10H,(H,22,23,24). The van der Waals surface area contributed by atoms with Crippen LogP contribution in [0.25, 0.3) is 22.3 Å². The average Bonchev–Trinajstić information content (AvgIpc) is 2.59. The highest BCUT2D eigenvalue weighted by Gasteiger charge is 2.31. The van der Waals surface area contributed by atoms with Gasteiger partial charge in [-0.25, -0.2) is 8.78 Å². The molecule has 3 rings (SSSR count). The summed E-state index contributed by atoms with van der Waals surface area (Å²) in [7, 11) is -4.93. The van der Waals surface area contributed by atoms with E-state index in [9.17, 15) is 21.8 Å². The number of benzene rings is 3. The Morgan fingerprint density at radius 3 is 1.64 bits per heavy atom. The van der Waals surface area contributed by atoms with E-state index in [-0.39, 0.29) is 16.7 Å². The van der Waals surface area contributed by atoms with Gasteiger partial charge in [0.25, 0.3) is 10.1 Å². The molecule has 0 saturated heterocycles. The summed E-state index contributed by atoms with van der Waals surface area (Å²) in [4.78, 5) is -0.927. The van der Waals surface area contributed by atoms with Gasteiger partial charge in [-0.2, -0.15) is 8.42 Å². The molecule has 0 saturated carbocycles. The van der Waals surface area contributed by atoms with Crippen LogP contribution in [0.2, 0.25) is 0 Å². The van der Waals surface area contributed by atoms with Crippen molar-refractivity contribution in [1.82, 2.24) is 0 Å². The Morgan fingerprint density at radius 1 is 0.760 bits per heavy atom. The van der Waals surface area contributed by atoms with Crippen molar-refractivity contribution in [3.05, 3.63) is 75.9 Å². The van der Waals surface area contributed by atoms with Crippen molar-refractivity contribution in [2.75, 3.05) is 0 Å². The maximum Gasteiger partial charge on any atom is 0.298 e. The van der Waals surface area contributed by atoms with Crippen LogP contribution in [-0.2, 0) is 10.1 Å². The first-order valence-corrected chi connectivity index (χ1v) is 9.63. The van der Waals surface area contributed by atoms with Gasteiger partial charge in [0.05, 0.1) is 3.57 Å². The summed E-state index contributed by atoms with van der Waals surface area (Å²) in [5.41, 5.74) is 0.375. The SMILES string of the molecule is O=S(=O)(O)c1c(F)c(I)c(F)c(-c2ccccc2)c1-c1ccccc1. The molecule has 0 spiro atoms. The van der Waals surface area contributed by atoms with Crippen LogP contribution in [0, 0.1) is 15.2 Å². The minimum Gasteiger partial charge on any atom is -0.282 e. The van der Waals surface area contributed by atoms with E-state index in [0.717, 1.165) is 0 Å². The van der Waals surface area contributed by atoms with Crippen LogP contribution in [0.4, 0.5) is 8.78 Å². The molecule has 0 aliphatic rings. The lowest BCUT2D eigenvalue weighted by atomic mass is 9.93. The first-order valence-electron chi connectivity index (χ1n) is 7.11. The largest absolute Gasteiger partial charge is 0.298 e. The van der Waals surface area contributed by atoms with E-state index in [1.807, 2.05) is 0 Å². The Hall–Kier alpha value is -1.84. The highest BCUT2D eigenvalue weighted by atomic mass is 127. The lowest BCUT2D eigenvalue weighted by Gasteiger charge is -2.17. The van der Waals surface area contributed by atoms with Gasteiger partial charge in [-0.3, -0.25) is 4.55 Å². The molecule has 0 bridgehead atoms. The summed E-state index contributed by atoms with van der Waals surface area (Å²) in [5, 5.41) is 0. The number of halogens is 3. The van der Waals surface area contributed by atoms with E-state index in [2.05, 4.69) is 0 Å². The minimum atomic E-state index is -4.93. The maximum atomic E-state index is 14.9. The van der Waals surface area contributed by atoms with Crippen LogP contribution in [0.3, 0.4) is 0 Å². The van der Waals surface area contributed by atoms with E-state index < -0.39 is 30.2 Å². The fourth-order valence-electron chi connectivity index (χ4n) is 2.64. The second-order valence-electron chi connectivity index (χ2n) is 5.23. The van der Waals surface area contributed by atoms with E-state index >= 15 is 0 Å². The fraction of sp³-hybridized carbons (Fsp3) is 0. The monoisotopic (exact) mass is 472 g/mol. The van der Waals surface area contributed by atoms with Crippen LogP contribution in [-0.4, -0.2) is 13.0 Å². The molecule has 3 aromatic rings. The van der Waals surface area contributed by atoms with E-state index in [4.69, 9.17) is 0 Å². The maximum absolute atomic E-state index is 14.9. The van der Waals surface area contributed by atoms with Gasteiger partial charge in [0, 0.05) is 11.1 Å². The number of rotatable bonds is 3. The highest BCUT2D eigenvalue weighted by molar-refractivity contribution is 14.1. The molecule has 3 aromatic carbocycles. The van der Waals surface area contributed by atoms with Gasteiger partial charge in [-0.1, -0.05) is 60.7 Å². The third-order valence-electron chi connectivity index (χ3n) is 3.66. The summed E-state index contributed by atoms with van der Waals surface area (Å²) in [5.74, 6) is -2.19. The molecule has 0 atom stereocenters. The quantitative estimate of drug-likeness (QED) is 0.326. The average molecular weight is 472 g/mol. The van der Waals surface area contributed by atoms with Gasteiger partial charge in [-0.15, -0.1) is 0 Å². The summed E-state index contributed by atoms with van der Waals surface area (Å²) >= 11 is 1.40. The van der Waals surface area contributed by atoms with Crippen molar-refractivity contribution < 1.29 is 21.8 Å². The third-order valence-corrected chi connectivity index (χ3v) is 5.51. The normalized spacial score (nSPS) is 11.5. The van der Waals surface area contributed by atoms with Crippen LogP contribution in [0.15, 0.2) is 65.6 Å². The predicted octanol–water partition coefficient (Wildman–Crippen LogP) is 5.15. The minimum absolute atomic E-state index is 0.0785. The Kier molecular flexibility index (Phi) is 4.90. The third kappa shape index (κ3) is 3.31. The van der Waals surface area contributed by atoms with Gasteiger partial charge in [0.1, 0.15) is 10.7 Å². The molecule has 0 unspecified atom stereocenters. The fourth-order valence-corrected chi connectivity index (χ4v) is 4.17. The zero-order chi connectivity index (χ0) is 18.2. The first-order chi connectivity index (χ1) is 11.8. The summed E-state index contributed by atoms with van der Waals surface area (Å²) in [6.45, 7) is 0. The van der Waals surface area contributed by atoms with Gasteiger partial charge in [0.15, 0.2) is 5.82 Å². The van der Waals surface area contributed by atoms with E-state index in [1.54, 1.807) is 48.5 Å². The zero-order valence-corrected chi connectivity index (χ0v) is 15.6. The molecular formula is C18H11F2IO3S. The molecule has 0 amide bonds. The molecule has 128 valence electrons. The van der Waals surface area contributed by atoms with Gasteiger partial charge >= 0.3 is 0 Å². The smallest absolute Gasteiger partial charge is 0.282 e. The second kappa shape index (κ2) is 6.81. The highest BCUT2D eigenvalue weighted by Crippen LogP contribution is 2.42. The van der Waals surface area contributed by atoms with Crippen LogP contribution in [0.1, 0.15) is 0 Å². The zero-order valence-electron chi connectivity index (χ0n) is 12.6. The van der Waals surface area contributed by atoms with Crippen molar-refractivity contribution in [2.24, 2.45) is 0 Å². The summed E-state index contributed by atoms with van der Waals surface area (Å²) in [6, 6.07) is 16.2. The van der Waals surface area contributed by atoms with Crippen molar-refractivity contribution in [3.63, 3.8) is 0 Å². The molecule has 7 heteroatoms. The summed E-state index contributed by atoms with van der Waals surface area (Å²) < 4.78 is 62.4. The van der Waals surface area contributed by atoms with Crippen molar-refractivity contribution in [3.8, 4) is 22.3 Å². The Balaban J connectivity index is 2.57. The lowest BCUT2D eigenvalue weighted by Crippen LogP contribution is -2.10. The van der Waals surface area contributed by atoms with E-state index in [1.165, 1.54) is 34.7 Å². The van der Waals surface area contributed by atoms with Crippen LogP contribution < -0.4 is 0 Å². The molecule has 1 N–H and O–H groups in total. The van der Waals surface area contributed by atoms with Gasteiger partial charge < -0.3 is 0 Å². The molecule has 0 radical (unpaired) electrons. The van der Waals surface area contributed by atoms with Gasteiger partial charge in [-0.05, 0) is 33.7 Å². The van der Waals surface area contributed by atoms with Crippen molar-refractivity contribution >= 4 is 32.7 Å².